The minimum atomic E-state index is -1.83. The summed E-state index contributed by atoms with van der Waals surface area (Å²) in [4.78, 5) is 0. The van der Waals surface area contributed by atoms with Gasteiger partial charge in [0.25, 0.3) is 0 Å². The second-order valence-electron chi connectivity index (χ2n) is 12.3. The first-order valence-corrected chi connectivity index (χ1v) is 15.0. The highest BCUT2D eigenvalue weighted by Crippen LogP contribution is 2.49. The smallest absolute Gasteiger partial charge is 0.192 e. The second-order valence-corrected chi connectivity index (χ2v) is 17.1. The number of ether oxygens (including phenoxy) is 3. The molecule has 3 rings (SSSR count). The third-order valence-corrected chi connectivity index (χ3v) is 12.7. The lowest BCUT2D eigenvalue weighted by atomic mass is 9.78. The van der Waals surface area contributed by atoms with Gasteiger partial charge in [-0.1, -0.05) is 27.7 Å². The lowest BCUT2D eigenvalue weighted by molar-refractivity contribution is -0.165. The predicted octanol–water partition coefficient (Wildman–Crippen LogP) is 4.38. The maximum atomic E-state index is 11.2. The molecule has 0 amide bonds. The Morgan fingerprint density at radius 3 is 2.32 bits per heavy atom. The van der Waals surface area contributed by atoms with Gasteiger partial charge in [0.05, 0.1) is 30.0 Å². The van der Waals surface area contributed by atoms with E-state index in [0.717, 1.165) is 0 Å². The number of aliphatic hydroxyl groups excluding tert-OH is 1. The molecule has 2 saturated heterocycles. The minimum absolute atomic E-state index is 0.110. The topological polar surface area (TPSA) is 77.4 Å². The third-order valence-electron chi connectivity index (χ3n) is 8.13. The van der Waals surface area contributed by atoms with Crippen molar-refractivity contribution in [1.82, 2.24) is 0 Å². The summed E-state index contributed by atoms with van der Waals surface area (Å²) in [7, 11) is -1.83. The summed E-state index contributed by atoms with van der Waals surface area (Å²) in [5.41, 5.74) is -0.889. The summed E-state index contributed by atoms with van der Waals surface area (Å²) in [6.07, 6.45) is 2.09. The number of aliphatic hydroxyl groups is 2. The van der Waals surface area contributed by atoms with Crippen LogP contribution in [-0.4, -0.2) is 66.5 Å². The molecule has 2 N–H and O–H groups in total. The highest BCUT2D eigenvalue weighted by atomic mass is 28.4. The maximum Gasteiger partial charge on any atom is 0.192 e. The van der Waals surface area contributed by atoms with Gasteiger partial charge in [0.1, 0.15) is 6.10 Å². The van der Waals surface area contributed by atoms with Gasteiger partial charge in [-0.25, -0.2) is 0 Å². The molecule has 1 aliphatic carbocycles. The van der Waals surface area contributed by atoms with Gasteiger partial charge in [0, 0.05) is 18.9 Å². The van der Waals surface area contributed by atoms with Crippen LogP contribution in [0.4, 0.5) is 0 Å². The largest absolute Gasteiger partial charge is 0.414 e. The highest BCUT2D eigenvalue weighted by Gasteiger charge is 2.61. The Kier molecular flexibility index (Phi) is 7.13. The van der Waals surface area contributed by atoms with Crippen LogP contribution in [0.25, 0.3) is 0 Å². The molecule has 3 unspecified atom stereocenters. The van der Waals surface area contributed by atoms with E-state index in [9.17, 15) is 10.2 Å². The van der Waals surface area contributed by atoms with Crippen molar-refractivity contribution < 1.29 is 28.8 Å². The summed E-state index contributed by atoms with van der Waals surface area (Å²) in [6, 6.07) is 0. The number of rotatable bonds is 8. The fourth-order valence-corrected chi connectivity index (χ4v) is 6.65. The van der Waals surface area contributed by atoms with E-state index in [2.05, 4.69) is 47.7 Å². The SMILES string of the molecule is C[C@H](CC(O)CCC1O[C@@H]2C[C@@]1(O)C[C@H]1OC(C)(C)OC21)[C@@H](C)O[Si](C)(C)C(C)(C)C. The lowest BCUT2D eigenvalue weighted by Crippen LogP contribution is -2.48. The molecule has 2 bridgehead atoms. The monoisotopic (exact) mass is 458 g/mol. The molecule has 0 aromatic rings. The molecule has 8 atom stereocenters. The van der Waals surface area contributed by atoms with Crippen LogP contribution in [0.1, 0.15) is 80.6 Å². The van der Waals surface area contributed by atoms with E-state index in [-0.39, 0.29) is 41.5 Å². The Morgan fingerprint density at radius 2 is 1.71 bits per heavy atom. The Bertz CT molecular complexity index is 632. The molecule has 2 heterocycles. The number of hydrogen-bond donors (Lipinski definition) is 2. The predicted molar refractivity (Wildman–Crippen MR) is 123 cm³/mol. The number of hydrogen-bond acceptors (Lipinski definition) is 6. The van der Waals surface area contributed by atoms with Crippen molar-refractivity contribution in [2.24, 2.45) is 5.92 Å². The first-order valence-electron chi connectivity index (χ1n) is 12.1. The maximum absolute atomic E-state index is 11.2. The van der Waals surface area contributed by atoms with Crippen molar-refractivity contribution in [3.05, 3.63) is 0 Å². The second kappa shape index (κ2) is 8.64. The molecule has 0 aromatic heterocycles. The summed E-state index contributed by atoms with van der Waals surface area (Å²) < 4.78 is 24.7. The van der Waals surface area contributed by atoms with E-state index in [1.165, 1.54) is 0 Å². The zero-order chi connectivity index (χ0) is 23.4. The summed E-state index contributed by atoms with van der Waals surface area (Å²) >= 11 is 0. The first kappa shape index (κ1) is 25.6. The first-order chi connectivity index (χ1) is 14.0. The molecule has 0 spiro atoms. The summed E-state index contributed by atoms with van der Waals surface area (Å²) in [6.45, 7) is 19.4. The fraction of sp³-hybridized carbons (Fsp3) is 1.00. The van der Waals surface area contributed by atoms with Crippen LogP contribution in [0.3, 0.4) is 0 Å². The molecule has 6 nitrogen and oxygen atoms in total. The van der Waals surface area contributed by atoms with Crippen LogP contribution in [0.5, 0.6) is 0 Å². The molecular formula is C24H46O6Si. The van der Waals surface area contributed by atoms with Gasteiger partial charge in [-0.15, -0.1) is 0 Å². The van der Waals surface area contributed by atoms with Gasteiger partial charge < -0.3 is 28.8 Å². The molecule has 0 radical (unpaired) electrons. The standard InChI is InChI=1S/C24H46O6Si/c1-15(16(2)30-31(8,9)22(3,4)5)12-17(25)10-11-20-24(26)13-18(27-20)21-19(14-24)28-23(6,7)29-21/h15-21,25-26H,10-14H2,1-9H3/t15-,16-,17?,18-,19-,20?,21?,24-/m1/s1. The zero-order valence-electron chi connectivity index (χ0n) is 21.1. The van der Waals surface area contributed by atoms with E-state index < -0.39 is 25.8 Å². The molecule has 1 saturated carbocycles. The van der Waals surface area contributed by atoms with Gasteiger partial charge in [-0.2, -0.15) is 0 Å². The van der Waals surface area contributed by atoms with E-state index in [0.29, 0.717) is 32.1 Å². The molecule has 31 heavy (non-hydrogen) atoms. The molecular weight excluding hydrogens is 412 g/mol. The van der Waals surface area contributed by atoms with Crippen molar-refractivity contribution >= 4 is 8.32 Å². The molecule has 3 aliphatic rings. The minimum Gasteiger partial charge on any atom is -0.414 e. The molecule has 3 fully saturated rings. The van der Waals surface area contributed by atoms with Crippen LogP contribution >= 0.6 is 0 Å². The van der Waals surface area contributed by atoms with Crippen molar-refractivity contribution in [2.75, 3.05) is 0 Å². The van der Waals surface area contributed by atoms with Gasteiger partial charge in [-0.3, -0.25) is 0 Å². The van der Waals surface area contributed by atoms with Gasteiger partial charge in [0.15, 0.2) is 14.1 Å². The lowest BCUT2D eigenvalue weighted by Gasteiger charge is -2.40. The van der Waals surface area contributed by atoms with Crippen molar-refractivity contribution in [2.45, 2.75) is 147 Å². The Balaban J connectivity index is 1.48. The van der Waals surface area contributed by atoms with Crippen molar-refractivity contribution in [3.8, 4) is 0 Å². The zero-order valence-corrected chi connectivity index (χ0v) is 22.1. The average molecular weight is 459 g/mol. The van der Waals surface area contributed by atoms with E-state index >= 15 is 0 Å². The van der Waals surface area contributed by atoms with Gasteiger partial charge >= 0.3 is 0 Å². The van der Waals surface area contributed by atoms with Crippen LogP contribution in [-0.2, 0) is 18.6 Å². The quantitative estimate of drug-likeness (QED) is 0.526. The van der Waals surface area contributed by atoms with Gasteiger partial charge in [-0.05, 0) is 64.1 Å². The van der Waals surface area contributed by atoms with Gasteiger partial charge in [0.2, 0.25) is 0 Å². The molecule has 7 heteroatoms. The highest BCUT2D eigenvalue weighted by molar-refractivity contribution is 6.74. The van der Waals surface area contributed by atoms with Crippen LogP contribution < -0.4 is 0 Å². The van der Waals surface area contributed by atoms with E-state index in [1.807, 2.05) is 13.8 Å². The Labute approximate surface area is 190 Å². The van der Waals surface area contributed by atoms with Crippen LogP contribution in [0.2, 0.25) is 18.1 Å². The van der Waals surface area contributed by atoms with Crippen LogP contribution in [0, 0.1) is 5.92 Å². The normalized spacial score (nSPS) is 38.0. The number of fused-ring (bicyclic) bond motifs is 4. The summed E-state index contributed by atoms with van der Waals surface area (Å²) in [5, 5.41) is 22.1. The Morgan fingerprint density at radius 1 is 1.10 bits per heavy atom. The Hall–Kier alpha value is -0.0231. The van der Waals surface area contributed by atoms with Crippen molar-refractivity contribution in [3.63, 3.8) is 0 Å². The fourth-order valence-electron chi connectivity index (χ4n) is 5.14. The molecule has 182 valence electrons. The third kappa shape index (κ3) is 5.56. The van der Waals surface area contributed by atoms with Crippen LogP contribution in [0.15, 0.2) is 0 Å². The van der Waals surface area contributed by atoms with E-state index in [4.69, 9.17) is 18.6 Å². The van der Waals surface area contributed by atoms with Crippen molar-refractivity contribution in [1.29, 1.82) is 0 Å². The molecule has 0 aromatic carbocycles. The summed E-state index contributed by atoms with van der Waals surface area (Å²) in [5.74, 6) is -0.357. The van der Waals surface area contributed by atoms with E-state index in [1.54, 1.807) is 0 Å². The molecule has 2 aliphatic heterocycles. The average Bonchev–Trinajstić information content (AvgIpc) is 3.04.